The van der Waals surface area contributed by atoms with Crippen LogP contribution in [0, 0.1) is 5.41 Å². The van der Waals surface area contributed by atoms with Crippen molar-refractivity contribution in [3.63, 3.8) is 0 Å². The molecule has 2 heterocycles. The molecule has 0 radical (unpaired) electrons. The number of hydrogen-bond donors (Lipinski definition) is 2. The van der Waals surface area contributed by atoms with Crippen LogP contribution in [0.4, 0.5) is 4.79 Å². The lowest BCUT2D eigenvalue weighted by Gasteiger charge is -2.37. The zero-order valence-corrected chi connectivity index (χ0v) is 19.8. The number of likely N-dealkylation sites (tertiary alicyclic amines) is 1. The van der Waals surface area contributed by atoms with Crippen molar-refractivity contribution < 1.29 is 19.1 Å². The highest BCUT2D eigenvalue weighted by molar-refractivity contribution is 5.90. The van der Waals surface area contributed by atoms with E-state index in [1.54, 1.807) is 18.9 Å². The molecular weight excluding hydrogens is 408 g/mol. The summed E-state index contributed by atoms with van der Waals surface area (Å²) >= 11 is 0. The van der Waals surface area contributed by atoms with Crippen molar-refractivity contribution in [1.82, 2.24) is 20.4 Å². The third kappa shape index (κ3) is 5.23. The Morgan fingerprint density at radius 2 is 1.91 bits per heavy atom. The first-order valence-corrected chi connectivity index (χ1v) is 11.4. The van der Waals surface area contributed by atoms with Crippen LogP contribution in [0.2, 0.25) is 0 Å². The minimum atomic E-state index is -0.651. The molecule has 0 spiro atoms. The predicted molar refractivity (Wildman–Crippen MR) is 122 cm³/mol. The van der Waals surface area contributed by atoms with E-state index in [-0.39, 0.29) is 30.0 Å². The number of benzene rings is 1. The Kier molecular flexibility index (Phi) is 7.44. The van der Waals surface area contributed by atoms with Gasteiger partial charge in [-0.2, -0.15) is 0 Å². The molecule has 4 atom stereocenters. The number of nitrogens with one attached hydrogen (secondary N) is 2. The summed E-state index contributed by atoms with van der Waals surface area (Å²) in [7, 11) is 1.72. The number of cyclic esters (lactones) is 1. The summed E-state index contributed by atoms with van der Waals surface area (Å²) < 4.78 is 5.35. The molecule has 0 saturated carbocycles. The minimum Gasteiger partial charge on any atom is -0.447 e. The fourth-order valence-electron chi connectivity index (χ4n) is 4.36. The highest BCUT2D eigenvalue weighted by atomic mass is 16.6. The van der Waals surface area contributed by atoms with Gasteiger partial charge in [0.05, 0.1) is 12.1 Å². The average molecular weight is 445 g/mol. The Morgan fingerprint density at radius 1 is 1.22 bits per heavy atom. The summed E-state index contributed by atoms with van der Waals surface area (Å²) in [6, 6.07) is 8.51. The molecule has 2 fully saturated rings. The molecule has 1 aromatic carbocycles. The van der Waals surface area contributed by atoms with Crippen molar-refractivity contribution in [2.45, 2.75) is 64.7 Å². The van der Waals surface area contributed by atoms with Crippen molar-refractivity contribution in [3.8, 4) is 0 Å². The molecule has 0 bridgehead atoms. The molecule has 2 aliphatic rings. The predicted octanol–water partition coefficient (Wildman–Crippen LogP) is 2.31. The van der Waals surface area contributed by atoms with Gasteiger partial charge in [-0.1, -0.05) is 51.1 Å². The van der Waals surface area contributed by atoms with Gasteiger partial charge in [0.2, 0.25) is 11.8 Å². The maximum atomic E-state index is 13.6. The molecule has 176 valence electrons. The van der Waals surface area contributed by atoms with E-state index in [0.717, 1.165) is 18.4 Å². The van der Waals surface area contributed by atoms with Crippen LogP contribution in [-0.4, -0.2) is 72.6 Å². The Bertz CT molecular complexity index is 823. The number of likely N-dealkylation sites (N-methyl/N-ethyl adjacent to an activating group) is 1. The highest BCUT2D eigenvalue weighted by Gasteiger charge is 2.43. The van der Waals surface area contributed by atoms with Crippen LogP contribution in [0.25, 0.3) is 0 Å². The van der Waals surface area contributed by atoms with Gasteiger partial charge in [-0.25, -0.2) is 4.79 Å². The monoisotopic (exact) mass is 444 g/mol. The molecule has 2 N–H and O–H groups in total. The Labute approximate surface area is 190 Å². The van der Waals surface area contributed by atoms with E-state index in [9.17, 15) is 14.4 Å². The van der Waals surface area contributed by atoms with Crippen LogP contribution >= 0.6 is 0 Å². The van der Waals surface area contributed by atoms with Gasteiger partial charge in [0, 0.05) is 19.1 Å². The fraction of sp³-hybridized carbons (Fsp3) is 0.625. The van der Waals surface area contributed by atoms with Gasteiger partial charge in [-0.05, 0) is 37.8 Å². The summed E-state index contributed by atoms with van der Waals surface area (Å²) in [5.74, 6) is -0.302. The van der Waals surface area contributed by atoms with E-state index in [2.05, 4.69) is 10.6 Å². The average Bonchev–Trinajstić information content (AvgIpc) is 3.37. The SMILES string of the molecule is CN[C@@H](C)C(=O)NC(C(=O)N1CCCC1CN1C(=O)OCC1c1ccccc1)C(C)(C)C. The quantitative estimate of drug-likeness (QED) is 0.674. The first-order valence-electron chi connectivity index (χ1n) is 11.4. The van der Waals surface area contributed by atoms with Crippen molar-refractivity contribution in [3.05, 3.63) is 35.9 Å². The lowest BCUT2D eigenvalue weighted by atomic mass is 9.85. The maximum absolute atomic E-state index is 13.6. The largest absolute Gasteiger partial charge is 0.447 e. The van der Waals surface area contributed by atoms with Crippen LogP contribution < -0.4 is 10.6 Å². The lowest BCUT2D eigenvalue weighted by Crippen LogP contribution is -2.59. The molecule has 3 amide bonds. The number of amides is 3. The third-order valence-electron chi connectivity index (χ3n) is 6.45. The molecule has 3 rings (SSSR count). The second-order valence-electron chi connectivity index (χ2n) is 9.80. The van der Waals surface area contributed by atoms with Gasteiger partial charge in [0.15, 0.2) is 0 Å². The standard InChI is InChI=1S/C24H36N4O4/c1-16(25-5)21(29)26-20(24(2,3)4)22(30)27-13-9-12-18(27)14-28-19(15-32-23(28)31)17-10-7-6-8-11-17/h6-8,10-11,16,18-20,25H,9,12-15H2,1-5H3,(H,26,29)/t16-,18?,19?,20?/m0/s1. The van der Waals surface area contributed by atoms with Gasteiger partial charge in [-0.15, -0.1) is 0 Å². The summed E-state index contributed by atoms with van der Waals surface area (Å²) in [6.45, 7) is 8.97. The number of carbonyl (C=O) groups is 3. The lowest BCUT2D eigenvalue weighted by molar-refractivity contribution is -0.140. The molecule has 0 aromatic heterocycles. The van der Waals surface area contributed by atoms with Crippen molar-refractivity contribution in [1.29, 1.82) is 0 Å². The molecular formula is C24H36N4O4. The van der Waals surface area contributed by atoms with Gasteiger partial charge in [-0.3, -0.25) is 14.5 Å². The van der Waals surface area contributed by atoms with E-state index in [1.807, 2.05) is 56.0 Å². The van der Waals surface area contributed by atoms with Gasteiger partial charge in [0.25, 0.3) is 0 Å². The van der Waals surface area contributed by atoms with E-state index < -0.39 is 17.5 Å². The zero-order valence-electron chi connectivity index (χ0n) is 19.8. The van der Waals surface area contributed by atoms with Gasteiger partial charge in [0.1, 0.15) is 12.6 Å². The van der Waals surface area contributed by atoms with E-state index in [0.29, 0.717) is 19.7 Å². The minimum absolute atomic E-state index is 0.0968. The topological polar surface area (TPSA) is 91.0 Å². The van der Waals surface area contributed by atoms with Crippen LogP contribution in [0.1, 0.15) is 52.1 Å². The molecule has 8 nitrogen and oxygen atoms in total. The van der Waals surface area contributed by atoms with Gasteiger partial charge < -0.3 is 20.3 Å². The van der Waals surface area contributed by atoms with E-state index in [1.165, 1.54) is 0 Å². The molecule has 2 aliphatic heterocycles. The molecule has 0 aliphatic carbocycles. The number of nitrogens with zero attached hydrogens (tertiary/aromatic N) is 2. The molecule has 2 saturated heterocycles. The second kappa shape index (κ2) is 9.90. The fourth-order valence-corrected chi connectivity index (χ4v) is 4.36. The first kappa shape index (κ1) is 24.0. The van der Waals surface area contributed by atoms with Crippen LogP contribution in [0.15, 0.2) is 30.3 Å². The summed E-state index contributed by atoms with van der Waals surface area (Å²) in [4.78, 5) is 42.2. The molecule has 1 aromatic rings. The summed E-state index contributed by atoms with van der Waals surface area (Å²) in [5, 5.41) is 5.86. The third-order valence-corrected chi connectivity index (χ3v) is 6.45. The Morgan fingerprint density at radius 3 is 2.53 bits per heavy atom. The normalized spacial score (nSPS) is 23.1. The summed E-state index contributed by atoms with van der Waals surface area (Å²) in [6.07, 6.45) is 1.34. The number of rotatable bonds is 7. The van der Waals surface area contributed by atoms with E-state index >= 15 is 0 Å². The van der Waals surface area contributed by atoms with Crippen LogP contribution in [-0.2, 0) is 14.3 Å². The Hall–Kier alpha value is -2.61. The summed E-state index contributed by atoms with van der Waals surface area (Å²) in [5.41, 5.74) is 0.571. The van der Waals surface area contributed by atoms with Crippen molar-refractivity contribution in [2.75, 3.05) is 26.7 Å². The van der Waals surface area contributed by atoms with Crippen LogP contribution in [0.5, 0.6) is 0 Å². The smallest absolute Gasteiger partial charge is 0.410 e. The van der Waals surface area contributed by atoms with Crippen molar-refractivity contribution in [2.24, 2.45) is 5.41 Å². The Balaban J connectivity index is 1.76. The molecule has 8 heteroatoms. The first-order chi connectivity index (χ1) is 15.1. The highest BCUT2D eigenvalue weighted by Crippen LogP contribution is 2.31. The number of hydrogen-bond acceptors (Lipinski definition) is 5. The van der Waals surface area contributed by atoms with Crippen LogP contribution in [0.3, 0.4) is 0 Å². The van der Waals surface area contributed by atoms with E-state index in [4.69, 9.17) is 4.74 Å². The van der Waals surface area contributed by atoms with Gasteiger partial charge >= 0.3 is 6.09 Å². The number of ether oxygens (including phenoxy) is 1. The molecule has 3 unspecified atom stereocenters. The molecule has 32 heavy (non-hydrogen) atoms. The zero-order chi connectivity index (χ0) is 23.5. The maximum Gasteiger partial charge on any atom is 0.410 e. The number of carbonyl (C=O) groups excluding carboxylic acids is 3. The second-order valence-corrected chi connectivity index (χ2v) is 9.80. The van der Waals surface area contributed by atoms with Crippen molar-refractivity contribution >= 4 is 17.9 Å².